The Labute approximate surface area is 160 Å². The minimum Gasteiger partial charge on any atom is -0.415 e. The third kappa shape index (κ3) is 3.82. The number of nitrogens with zero attached hydrogens (tertiary/aromatic N) is 1. The summed E-state index contributed by atoms with van der Waals surface area (Å²) in [6.07, 6.45) is -3.10. The number of oxazole rings is 1. The highest BCUT2D eigenvalue weighted by atomic mass is 32.2. The van der Waals surface area contributed by atoms with Gasteiger partial charge in [0.25, 0.3) is 0 Å². The zero-order valence-corrected chi connectivity index (χ0v) is 15.7. The van der Waals surface area contributed by atoms with E-state index in [1.54, 1.807) is 0 Å². The van der Waals surface area contributed by atoms with E-state index < -0.39 is 43.9 Å². The molecule has 0 aliphatic carbocycles. The maximum Gasteiger partial charge on any atom is 0.424 e. The van der Waals surface area contributed by atoms with Crippen LogP contribution >= 0.6 is 0 Å². The van der Waals surface area contributed by atoms with Crippen molar-refractivity contribution in [3.8, 4) is 16.9 Å². The van der Waals surface area contributed by atoms with E-state index in [2.05, 4.69) is 0 Å². The van der Waals surface area contributed by atoms with Crippen LogP contribution in [0.25, 0.3) is 16.9 Å². The Morgan fingerprint density at radius 3 is 2.10 bits per heavy atom. The van der Waals surface area contributed by atoms with E-state index >= 15 is 0 Å². The molecule has 0 radical (unpaired) electrons. The number of hydrogen-bond acceptors (Lipinski definition) is 4. The number of hydrogen-bond donors (Lipinski definition) is 0. The van der Waals surface area contributed by atoms with E-state index in [4.69, 9.17) is 4.42 Å². The van der Waals surface area contributed by atoms with Crippen LogP contribution in [-0.4, -0.2) is 19.2 Å². The maximum atomic E-state index is 14.2. The number of rotatable bonds is 3. The number of sulfone groups is 1. The first-order valence-electron chi connectivity index (χ1n) is 7.89. The van der Waals surface area contributed by atoms with Gasteiger partial charge in [-0.3, -0.25) is 0 Å². The smallest absolute Gasteiger partial charge is 0.415 e. The van der Waals surface area contributed by atoms with E-state index in [9.17, 15) is 35.2 Å². The molecule has 0 bridgehead atoms. The molecule has 0 aliphatic rings. The SMILES string of the molecule is Cc1cc(-n2c(-c3cc(F)c(S(C)(=O)=O)c(F)c3)coc2=O)ccc1C(F)(F)F. The Hall–Kier alpha value is -2.95. The van der Waals surface area contributed by atoms with E-state index in [1.165, 1.54) is 6.92 Å². The molecule has 0 atom stereocenters. The average molecular weight is 433 g/mol. The van der Waals surface area contributed by atoms with Gasteiger partial charge in [-0.1, -0.05) is 0 Å². The van der Waals surface area contributed by atoms with Crippen LogP contribution in [-0.2, 0) is 16.0 Å². The van der Waals surface area contributed by atoms with Crippen LogP contribution in [0.1, 0.15) is 11.1 Å². The molecule has 3 aromatic rings. The van der Waals surface area contributed by atoms with E-state index in [-0.39, 0.29) is 22.5 Å². The predicted octanol–water partition coefficient (Wildman–Crippen LogP) is 4.11. The van der Waals surface area contributed by atoms with Crippen LogP contribution in [0.4, 0.5) is 22.0 Å². The summed E-state index contributed by atoms with van der Waals surface area (Å²) in [4.78, 5) is 11.0. The highest BCUT2D eigenvalue weighted by Gasteiger charge is 2.32. The third-order valence-electron chi connectivity index (χ3n) is 4.13. The van der Waals surface area contributed by atoms with Crippen LogP contribution in [0.15, 0.2) is 50.7 Å². The first-order valence-corrected chi connectivity index (χ1v) is 9.78. The number of aromatic nitrogens is 1. The first kappa shape index (κ1) is 20.8. The molecular formula is C18H12F5NO4S. The second kappa shape index (κ2) is 6.83. The molecule has 0 fully saturated rings. The largest absolute Gasteiger partial charge is 0.424 e. The molecule has 11 heteroatoms. The van der Waals surface area contributed by atoms with Crippen molar-refractivity contribution in [3.63, 3.8) is 0 Å². The van der Waals surface area contributed by atoms with Gasteiger partial charge in [0.2, 0.25) is 0 Å². The van der Waals surface area contributed by atoms with Crippen molar-refractivity contribution >= 4 is 9.84 Å². The average Bonchev–Trinajstić information content (AvgIpc) is 2.93. The summed E-state index contributed by atoms with van der Waals surface area (Å²) in [5.41, 5.74) is -1.53. The summed E-state index contributed by atoms with van der Waals surface area (Å²) in [5.74, 6) is -3.77. The van der Waals surface area contributed by atoms with Crippen molar-refractivity contribution in [1.82, 2.24) is 4.57 Å². The maximum absolute atomic E-state index is 14.2. The topological polar surface area (TPSA) is 69.3 Å². The van der Waals surface area contributed by atoms with Gasteiger partial charge in [0, 0.05) is 11.8 Å². The van der Waals surface area contributed by atoms with Gasteiger partial charge in [0.1, 0.15) is 22.8 Å². The lowest BCUT2D eigenvalue weighted by Gasteiger charge is -2.13. The molecule has 0 saturated carbocycles. The number of aryl methyl sites for hydroxylation is 1. The first-order chi connectivity index (χ1) is 13.3. The molecule has 1 aromatic heterocycles. The highest BCUT2D eigenvalue weighted by Crippen LogP contribution is 2.33. The fourth-order valence-corrected chi connectivity index (χ4v) is 3.74. The van der Waals surface area contributed by atoms with Gasteiger partial charge in [0.15, 0.2) is 9.84 Å². The second-order valence-corrected chi connectivity index (χ2v) is 8.21. The monoisotopic (exact) mass is 433 g/mol. The van der Waals surface area contributed by atoms with Gasteiger partial charge in [-0.15, -0.1) is 0 Å². The summed E-state index contributed by atoms with van der Waals surface area (Å²) in [7, 11) is -4.19. The van der Waals surface area contributed by atoms with Crippen molar-refractivity contribution in [3.05, 3.63) is 69.9 Å². The second-order valence-electron chi connectivity index (χ2n) is 6.26. The Bertz CT molecular complexity index is 1250. The van der Waals surface area contributed by atoms with Crippen molar-refractivity contribution in [2.75, 3.05) is 6.26 Å². The van der Waals surface area contributed by atoms with Gasteiger partial charge < -0.3 is 4.42 Å². The van der Waals surface area contributed by atoms with Gasteiger partial charge in [-0.25, -0.2) is 26.6 Å². The fourth-order valence-electron chi connectivity index (χ4n) is 2.92. The van der Waals surface area contributed by atoms with Crippen LogP contribution in [0.3, 0.4) is 0 Å². The molecule has 5 nitrogen and oxygen atoms in total. The molecule has 2 aromatic carbocycles. The lowest BCUT2D eigenvalue weighted by atomic mass is 10.1. The van der Waals surface area contributed by atoms with E-state index in [1.807, 2.05) is 0 Å². The summed E-state index contributed by atoms with van der Waals surface area (Å²) in [6, 6.07) is 4.23. The summed E-state index contributed by atoms with van der Waals surface area (Å²) in [6.45, 7) is 1.19. The molecule has 0 unspecified atom stereocenters. The third-order valence-corrected chi connectivity index (χ3v) is 5.26. The van der Waals surface area contributed by atoms with Crippen molar-refractivity contribution in [1.29, 1.82) is 0 Å². The molecule has 0 amide bonds. The van der Waals surface area contributed by atoms with Crippen LogP contribution in [0.2, 0.25) is 0 Å². The van der Waals surface area contributed by atoms with Gasteiger partial charge >= 0.3 is 11.9 Å². The number of alkyl halides is 3. The van der Waals surface area contributed by atoms with Crippen molar-refractivity contribution in [2.45, 2.75) is 18.0 Å². The van der Waals surface area contributed by atoms with Crippen LogP contribution in [0, 0.1) is 18.6 Å². The molecule has 0 spiro atoms. The predicted molar refractivity (Wildman–Crippen MR) is 92.5 cm³/mol. The molecule has 154 valence electrons. The molecule has 0 aliphatic heterocycles. The molecule has 0 saturated heterocycles. The lowest BCUT2D eigenvalue weighted by Crippen LogP contribution is -2.15. The van der Waals surface area contributed by atoms with Crippen LogP contribution in [0.5, 0.6) is 0 Å². The summed E-state index contributed by atoms with van der Waals surface area (Å²) in [5, 5.41) is 0. The van der Waals surface area contributed by atoms with Gasteiger partial charge in [-0.05, 0) is 42.8 Å². The fraction of sp³-hybridized carbons (Fsp3) is 0.167. The minimum atomic E-state index is -4.60. The summed E-state index contributed by atoms with van der Waals surface area (Å²) >= 11 is 0. The Morgan fingerprint density at radius 2 is 1.62 bits per heavy atom. The summed E-state index contributed by atoms with van der Waals surface area (Å²) < 4.78 is 95.9. The quantitative estimate of drug-likeness (QED) is 0.583. The van der Waals surface area contributed by atoms with E-state index in [0.717, 1.165) is 29.0 Å². The zero-order valence-electron chi connectivity index (χ0n) is 14.8. The number of halogens is 5. The van der Waals surface area contributed by atoms with E-state index in [0.29, 0.717) is 18.4 Å². The minimum absolute atomic E-state index is 0.0303. The standard InChI is InChI=1S/C18H12F5NO4S/c1-9-5-11(3-4-12(9)18(21,22)23)24-15(8-28-17(24)25)10-6-13(19)16(14(20)7-10)29(2,26)27/h3-8H,1-2H3. The number of benzene rings is 2. The highest BCUT2D eigenvalue weighted by molar-refractivity contribution is 7.90. The lowest BCUT2D eigenvalue weighted by molar-refractivity contribution is -0.138. The normalized spacial score (nSPS) is 12.4. The molecular weight excluding hydrogens is 421 g/mol. The van der Waals surface area contributed by atoms with Crippen molar-refractivity contribution < 1.29 is 34.8 Å². The molecule has 3 rings (SSSR count). The zero-order chi connectivity index (χ0) is 21.7. The Kier molecular flexibility index (Phi) is 4.89. The molecule has 0 N–H and O–H groups in total. The van der Waals surface area contributed by atoms with Crippen LogP contribution < -0.4 is 5.76 Å². The Morgan fingerprint density at radius 1 is 1.03 bits per heavy atom. The molecule has 1 heterocycles. The Balaban J connectivity index is 2.20. The molecule has 29 heavy (non-hydrogen) atoms. The van der Waals surface area contributed by atoms with Crippen molar-refractivity contribution in [2.24, 2.45) is 0 Å². The van der Waals surface area contributed by atoms with Gasteiger partial charge in [0.05, 0.1) is 16.9 Å². The van der Waals surface area contributed by atoms with Gasteiger partial charge in [-0.2, -0.15) is 13.2 Å².